The predicted octanol–water partition coefficient (Wildman–Crippen LogP) is 1.56. The highest BCUT2D eigenvalue weighted by atomic mass is 35.5. The van der Waals surface area contributed by atoms with Gasteiger partial charge in [-0.05, 0) is 18.4 Å². The molecule has 22 heavy (non-hydrogen) atoms. The lowest BCUT2D eigenvalue weighted by Gasteiger charge is -2.33. The van der Waals surface area contributed by atoms with E-state index in [-0.39, 0.29) is 18.3 Å². The number of halogens is 1. The third-order valence-electron chi connectivity index (χ3n) is 4.01. The highest BCUT2D eigenvalue weighted by Gasteiger charge is 2.27. The van der Waals surface area contributed by atoms with Crippen LogP contribution >= 0.6 is 12.4 Å². The molecule has 0 saturated carbocycles. The van der Waals surface area contributed by atoms with Gasteiger partial charge in [-0.15, -0.1) is 12.4 Å². The lowest BCUT2D eigenvalue weighted by atomic mass is 10.0. The summed E-state index contributed by atoms with van der Waals surface area (Å²) >= 11 is 0. The van der Waals surface area contributed by atoms with Crippen molar-refractivity contribution in [1.82, 2.24) is 19.7 Å². The number of carbonyl (C=O) groups is 1. The number of aromatic nitrogens is 3. The molecule has 1 amide bonds. The van der Waals surface area contributed by atoms with Crippen molar-refractivity contribution in [1.29, 1.82) is 0 Å². The van der Waals surface area contributed by atoms with Gasteiger partial charge in [0.05, 0.1) is 6.04 Å². The minimum Gasteiger partial charge on any atom is -0.341 e. The molecule has 0 spiro atoms. The molecule has 118 valence electrons. The zero-order valence-electron chi connectivity index (χ0n) is 12.2. The molecule has 0 aliphatic carbocycles. The smallest absolute Gasteiger partial charge is 0.244 e. The molecular weight excluding hydrogens is 302 g/mol. The van der Waals surface area contributed by atoms with Crippen LogP contribution in [0.25, 0.3) is 0 Å². The second kappa shape index (κ2) is 7.38. The van der Waals surface area contributed by atoms with Crippen LogP contribution in [-0.4, -0.2) is 38.7 Å². The highest BCUT2D eigenvalue weighted by molar-refractivity contribution is 5.85. The Bertz CT molecular complexity index is 581. The van der Waals surface area contributed by atoms with Crippen LogP contribution in [0.15, 0.2) is 43.0 Å². The average Bonchev–Trinajstić information content (AvgIpc) is 3.09. The molecule has 1 unspecified atom stereocenters. The summed E-state index contributed by atoms with van der Waals surface area (Å²) in [5.41, 5.74) is 6.94. The van der Waals surface area contributed by atoms with Crippen LogP contribution < -0.4 is 5.73 Å². The Morgan fingerprint density at radius 2 is 1.91 bits per heavy atom. The van der Waals surface area contributed by atoms with Crippen LogP contribution in [0.1, 0.15) is 30.5 Å². The topological polar surface area (TPSA) is 77.0 Å². The van der Waals surface area contributed by atoms with Crippen LogP contribution in [0, 0.1) is 0 Å². The van der Waals surface area contributed by atoms with Crippen LogP contribution in [0.4, 0.5) is 0 Å². The van der Waals surface area contributed by atoms with Gasteiger partial charge in [-0.2, -0.15) is 5.10 Å². The van der Waals surface area contributed by atoms with E-state index in [1.807, 2.05) is 39.9 Å². The number of hydrogen-bond donors (Lipinski definition) is 1. The third kappa shape index (κ3) is 3.45. The Hall–Kier alpha value is -1.92. The number of carbonyl (C=O) groups excluding carboxylic acids is 1. The monoisotopic (exact) mass is 321 g/mol. The quantitative estimate of drug-likeness (QED) is 0.930. The van der Waals surface area contributed by atoms with E-state index in [4.69, 9.17) is 5.73 Å². The van der Waals surface area contributed by atoms with Crippen molar-refractivity contribution in [2.45, 2.75) is 24.9 Å². The second-order valence-corrected chi connectivity index (χ2v) is 5.32. The number of amides is 1. The van der Waals surface area contributed by atoms with Gasteiger partial charge in [0, 0.05) is 13.1 Å². The second-order valence-electron chi connectivity index (χ2n) is 5.32. The van der Waals surface area contributed by atoms with E-state index in [0.29, 0.717) is 19.1 Å². The number of hydrogen-bond acceptors (Lipinski definition) is 4. The molecule has 2 N–H and O–H groups in total. The normalized spacial score (nSPS) is 16.9. The molecule has 1 aromatic heterocycles. The van der Waals surface area contributed by atoms with E-state index in [9.17, 15) is 4.79 Å². The van der Waals surface area contributed by atoms with Crippen molar-refractivity contribution in [3.05, 3.63) is 48.5 Å². The van der Waals surface area contributed by atoms with Gasteiger partial charge in [0.15, 0.2) is 0 Å². The largest absolute Gasteiger partial charge is 0.341 e. The number of rotatable bonds is 3. The van der Waals surface area contributed by atoms with Crippen LogP contribution in [-0.2, 0) is 4.79 Å². The van der Waals surface area contributed by atoms with Crippen LogP contribution in [0.5, 0.6) is 0 Å². The molecule has 3 rings (SSSR count). The molecule has 1 aliphatic rings. The molecular formula is C15H20ClN5O. The Kier molecular flexibility index (Phi) is 5.51. The molecule has 0 radical (unpaired) electrons. The minimum atomic E-state index is -0.575. The molecule has 1 aromatic carbocycles. The Morgan fingerprint density at radius 3 is 2.50 bits per heavy atom. The molecule has 1 saturated heterocycles. The fraction of sp³-hybridized carbons (Fsp3) is 0.400. The van der Waals surface area contributed by atoms with E-state index in [0.717, 1.165) is 18.4 Å². The van der Waals surface area contributed by atoms with Crippen molar-refractivity contribution >= 4 is 18.3 Å². The molecule has 1 fully saturated rings. The number of piperidine rings is 1. The van der Waals surface area contributed by atoms with Crippen molar-refractivity contribution in [3.63, 3.8) is 0 Å². The maximum absolute atomic E-state index is 12.5. The first kappa shape index (κ1) is 16.5. The highest BCUT2D eigenvalue weighted by Crippen LogP contribution is 2.23. The third-order valence-corrected chi connectivity index (χ3v) is 4.01. The Morgan fingerprint density at radius 1 is 1.23 bits per heavy atom. The zero-order chi connectivity index (χ0) is 14.7. The lowest BCUT2D eigenvalue weighted by molar-refractivity contribution is -0.134. The summed E-state index contributed by atoms with van der Waals surface area (Å²) in [6, 6.07) is 9.26. The average molecular weight is 322 g/mol. The van der Waals surface area contributed by atoms with E-state index >= 15 is 0 Å². The summed E-state index contributed by atoms with van der Waals surface area (Å²) in [6.07, 6.45) is 5.05. The van der Waals surface area contributed by atoms with Gasteiger partial charge in [0.2, 0.25) is 5.91 Å². The molecule has 1 aliphatic heterocycles. The van der Waals surface area contributed by atoms with Crippen molar-refractivity contribution in [3.8, 4) is 0 Å². The summed E-state index contributed by atoms with van der Waals surface area (Å²) in [7, 11) is 0. The van der Waals surface area contributed by atoms with Crippen molar-refractivity contribution < 1.29 is 4.79 Å². The fourth-order valence-electron chi connectivity index (χ4n) is 2.76. The number of nitrogens with two attached hydrogens (primary N) is 1. The summed E-state index contributed by atoms with van der Waals surface area (Å²) in [5.74, 6) is -0.00163. The zero-order valence-corrected chi connectivity index (χ0v) is 13.0. The van der Waals surface area contributed by atoms with Crippen molar-refractivity contribution in [2.24, 2.45) is 5.73 Å². The summed E-state index contributed by atoms with van der Waals surface area (Å²) in [6.45, 7) is 1.42. The van der Waals surface area contributed by atoms with Gasteiger partial charge in [-0.1, -0.05) is 30.3 Å². The first-order valence-corrected chi connectivity index (χ1v) is 7.19. The van der Waals surface area contributed by atoms with E-state index in [1.54, 1.807) is 12.7 Å². The summed E-state index contributed by atoms with van der Waals surface area (Å²) in [4.78, 5) is 18.3. The van der Waals surface area contributed by atoms with E-state index < -0.39 is 6.04 Å². The summed E-state index contributed by atoms with van der Waals surface area (Å²) < 4.78 is 1.87. The van der Waals surface area contributed by atoms with E-state index in [2.05, 4.69) is 10.1 Å². The SMILES string of the molecule is Cl.NC(C(=O)N1CCC(n2cncn2)CC1)c1ccccc1. The standard InChI is InChI=1S/C15H19N5O.ClH/c16-14(12-4-2-1-3-5-12)15(21)19-8-6-13(7-9-19)20-11-17-10-18-20;/h1-5,10-11,13-14H,6-9,16H2;1H. The first-order chi connectivity index (χ1) is 10.3. The first-order valence-electron chi connectivity index (χ1n) is 7.19. The maximum Gasteiger partial charge on any atom is 0.244 e. The van der Waals surface area contributed by atoms with Gasteiger partial charge in [-0.3, -0.25) is 4.79 Å². The van der Waals surface area contributed by atoms with Gasteiger partial charge in [0.25, 0.3) is 0 Å². The number of likely N-dealkylation sites (tertiary alicyclic amines) is 1. The summed E-state index contributed by atoms with van der Waals surface area (Å²) in [5, 5.41) is 4.17. The lowest BCUT2D eigenvalue weighted by Crippen LogP contribution is -2.43. The molecule has 2 aromatic rings. The Balaban J connectivity index is 0.00000176. The van der Waals surface area contributed by atoms with Gasteiger partial charge < -0.3 is 10.6 Å². The minimum absolute atomic E-state index is 0. The van der Waals surface area contributed by atoms with Gasteiger partial charge >= 0.3 is 0 Å². The fourth-order valence-corrected chi connectivity index (χ4v) is 2.76. The van der Waals surface area contributed by atoms with E-state index in [1.165, 1.54) is 0 Å². The Labute approximate surface area is 135 Å². The number of benzene rings is 1. The van der Waals surface area contributed by atoms with Crippen LogP contribution in [0.3, 0.4) is 0 Å². The molecule has 1 atom stereocenters. The number of nitrogens with zero attached hydrogens (tertiary/aromatic N) is 4. The predicted molar refractivity (Wildman–Crippen MR) is 85.5 cm³/mol. The molecule has 0 bridgehead atoms. The maximum atomic E-state index is 12.5. The molecule has 2 heterocycles. The molecule has 7 heteroatoms. The van der Waals surface area contributed by atoms with Gasteiger partial charge in [0.1, 0.15) is 18.7 Å². The van der Waals surface area contributed by atoms with Crippen LogP contribution in [0.2, 0.25) is 0 Å². The van der Waals surface area contributed by atoms with Crippen molar-refractivity contribution in [2.75, 3.05) is 13.1 Å². The van der Waals surface area contributed by atoms with Gasteiger partial charge in [-0.25, -0.2) is 9.67 Å². The molecule has 6 nitrogen and oxygen atoms in total.